The Morgan fingerprint density at radius 2 is 1.38 bits per heavy atom. The molecule has 29 heavy (non-hydrogen) atoms. The number of para-hydroxylation sites is 1. The fourth-order valence-electron chi connectivity index (χ4n) is 4.00. The minimum atomic E-state index is 0.959. The van der Waals surface area contributed by atoms with Gasteiger partial charge in [-0.2, -0.15) is 0 Å². The molecular formula is C27H22N2. The van der Waals surface area contributed by atoms with Gasteiger partial charge in [0.2, 0.25) is 0 Å². The van der Waals surface area contributed by atoms with Gasteiger partial charge >= 0.3 is 0 Å². The molecule has 0 bridgehead atoms. The molecule has 0 unspecified atom stereocenters. The van der Waals surface area contributed by atoms with Gasteiger partial charge in [0, 0.05) is 34.6 Å². The molecule has 5 rings (SSSR count). The van der Waals surface area contributed by atoms with Gasteiger partial charge in [-0.15, -0.1) is 0 Å². The molecule has 1 aromatic heterocycles. The number of fused-ring (bicyclic) bond motifs is 3. The van der Waals surface area contributed by atoms with Crippen LogP contribution in [-0.2, 0) is 6.54 Å². The van der Waals surface area contributed by atoms with Crippen molar-refractivity contribution in [1.82, 2.24) is 4.57 Å². The van der Waals surface area contributed by atoms with E-state index in [0.717, 1.165) is 17.8 Å². The minimum Gasteiger partial charge on any atom is -0.341 e. The van der Waals surface area contributed by atoms with Crippen molar-refractivity contribution in [2.75, 3.05) is 0 Å². The smallest absolute Gasteiger partial charge is 0.0637 e. The Kier molecular flexibility index (Phi) is 4.45. The Bertz CT molecular complexity index is 1310. The van der Waals surface area contributed by atoms with Crippen LogP contribution in [0.25, 0.3) is 32.9 Å². The van der Waals surface area contributed by atoms with Gasteiger partial charge in [0.25, 0.3) is 0 Å². The summed E-state index contributed by atoms with van der Waals surface area (Å²) >= 11 is 0. The zero-order valence-electron chi connectivity index (χ0n) is 16.4. The molecule has 2 heteroatoms. The minimum absolute atomic E-state index is 0.959. The summed E-state index contributed by atoms with van der Waals surface area (Å²) in [4.78, 5) is 4.74. The highest BCUT2D eigenvalue weighted by atomic mass is 15.0. The Labute approximate surface area is 170 Å². The van der Waals surface area contributed by atoms with Crippen LogP contribution < -0.4 is 0 Å². The third-order valence-corrected chi connectivity index (χ3v) is 5.45. The number of rotatable bonds is 4. The van der Waals surface area contributed by atoms with Gasteiger partial charge in [0.1, 0.15) is 0 Å². The molecule has 0 aliphatic carbocycles. The van der Waals surface area contributed by atoms with E-state index in [0.29, 0.717) is 0 Å². The number of aliphatic imine (C=N–C) groups is 1. The second-order valence-corrected chi connectivity index (χ2v) is 7.21. The molecular weight excluding hydrogens is 352 g/mol. The first kappa shape index (κ1) is 17.4. The molecule has 4 aromatic carbocycles. The summed E-state index contributed by atoms with van der Waals surface area (Å²) < 4.78 is 2.36. The average Bonchev–Trinajstić information content (AvgIpc) is 3.11. The molecule has 0 N–H and O–H groups in total. The van der Waals surface area contributed by atoms with Crippen LogP contribution >= 0.6 is 0 Å². The topological polar surface area (TPSA) is 17.3 Å². The Hall–Kier alpha value is -3.65. The number of hydrogen-bond acceptors (Lipinski definition) is 1. The molecule has 0 saturated heterocycles. The summed E-state index contributed by atoms with van der Waals surface area (Å²) in [5.74, 6) is 0. The van der Waals surface area contributed by atoms with Crippen LogP contribution in [0.15, 0.2) is 102 Å². The number of nitrogens with zero attached hydrogens (tertiary/aromatic N) is 2. The van der Waals surface area contributed by atoms with Crippen LogP contribution in [-0.4, -0.2) is 10.8 Å². The van der Waals surface area contributed by atoms with Crippen LogP contribution in [0, 0.1) is 0 Å². The van der Waals surface area contributed by atoms with Crippen molar-refractivity contribution in [2.24, 2.45) is 4.99 Å². The van der Waals surface area contributed by atoms with E-state index in [1.807, 2.05) is 12.3 Å². The van der Waals surface area contributed by atoms with E-state index in [4.69, 9.17) is 4.99 Å². The van der Waals surface area contributed by atoms with Gasteiger partial charge in [-0.1, -0.05) is 72.8 Å². The van der Waals surface area contributed by atoms with Gasteiger partial charge in [0.05, 0.1) is 5.69 Å². The lowest BCUT2D eigenvalue weighted by molar-refractivity contribution is 0.827. The molecule has 0 aliphatic rings. The third-order valence-electron chi connectivity index (χ3n) is 5.45. The predicted molar refractivity (Wildman–Crippen MR) is 124 cm³/mol. The molecule has 140 valence electrons. The first-order valence-corrected chi connectivity index (χ1v) is 10.0. The molecule has 2 nitrogen and oxygen atoms in total. The number of benzene rings is 4. The second kappa shape index (κ2) is 7.40. The van der Waals surface area contributed by atoms with E-state index in [2.05, 4.69) is 102 Å². The van der Waals surface area contributed by atoms with Crippen molar-refractivity contribution in [3.8, 4) is 11.1 Å². The monoisotopic (exact) mass is 374 g/mol. The summed E-state index contributed by atoms with van der Waals surface area (Å²) in [5, 5.41) is 2.55. The fraction of sp³-hybridized carbons (Fsp3) is 0.0741. The van der Waals surface area contributed by atoms with Gasteiger partial charge in [0.15, 0.2) is 0 Å². The Morgan fingerprint density at radius 3 is 2.17 bits per heavy atom. The largest absolute Gasteiger partial charge is 0.341 e. The third kappa shape index (κ3) is 3.23. The summed E-state index contributed by atoms with van der Waals surface area (Å²) in [6.07, 6.45) is 1.94. The molecule has 0 spiro atoms. The molecule has 0 amide bonds. The summed E-state index contributed by atoms with van der Waals surface area (Å²) in [5.41, 5.74) is 7.07. The standard InChI is InChI=1S/C27H22N2/c1-2-29-26-11-7-6-10-24(26)25-18-23(16-17-27(25)29)28-19-20-12-14-22(15-13-20)21-8-4-3-5-9-21/h3-19H,2H2,1H3. The predicted octanol–water partition coefficient (Wildman–Crippen LogP) is 7.23. The SMILES string of the molecule is CCn1c2ccccc2c2cc(N=Cc3ccc(-c4ccccc4)cc3)ccc21. The normalized spacial score (nSPS) is 11.6. The van der Waals surface area contributed by atoms with Crippen molar-refractivity contribution in [1.29, 1.82) is 0 Å². The zero-order valence-corrected chi connectivity index (χ0v) is 16.4. The summed E-state index contributed by atoms with van der Waals surface area (Å²) in [7, 11) is 0. The van der Waals surface area contributed by atoms with Crippen LogP contribution in [0.2, 0.25) is 0 Å². The highest BCUT2D eigenvalue weighted by Crippen LogP contribution is 2.31. The van der Waals surface area contributed by atoms with Gasteiger partial charge in [-0.25, -0.2) is 0 Å². The lowest BCUT2D eigenvalue weighted by atomic mass is 10.0. The van der Waals surface area contributed by atoms with E-state index in [1.165, 1.54) is 32.9 Å². The summed E-state index contributed by atoms with van der Waals surface area (Å²) in [6, 6.07) is 34.0. The molecule has 0 atom stereocenters. The fourth-order valence-corrected chi connectivity index (χ4v) is 4.00. The van der Waals surface area contributed by atoms with E-state index < -0.39 is 0 Å². The zero-order chi connectivity index (χ0) is 19.6. The van der Waals surface area contributed by atoms with E-state index in [-0.39, 0.29) is 0 Å². The molecule has 0 radical (unpaired) electrons. The lowest BCUT2D eigenvalue weighted by Crippen LogP contribution is -1.92. The highest BCUT2D eigenvalue weighted by Gasteiger charge is 2.09. The molecule has 1 heterocycles. The van der Waals surface area contributed by atoms with Crippen LogP contribution in [0.1, 0.15) is 12.5 Å². The van der Waals surface area contributed by atoms with Gasteiger partial charge in [-0.3, -0.25) is 4.99 Å². The maximum atomic E-state index is 4.74. The second-order valence-electron chi connectivity index (χ2n) is 7.21. The van der Waals surface area contributed by atoms with Gasteiger partial charge in [-0.05, 0) is 47.9 Å². The van der Waals surface area contributed by atoms with Crippen molar-refractivity contribution in [2.45, 2.75) is 13.5 Å². The molecule has 5 aromatic rings. The van der Waals surface area contributed by atoms with Crippen LogP contribution in [0.5, 0.6) is 0 Å². The maximum absolute atomic E-state index is 4.74. The Morgan fingerprint density at radius 1 is 0.690 bits per heavy atom. The van der Waals surface area contributed by atoms with Crippen LogP contribution in [0.4, 0.5) is 5.69 Å². The highest BCUT2D eigenvalue weighted by molar-refractivity contribution is 6.09. The molecule has 0 fully saturated rings. The average molecular weight is 374 g/mol. The van der Waals surface area contributed by atoms with Crippen molar-refractivity contribution in [3.05, 3.63) is 103 Å². The number of hydrogen-bond donors (Lipinski definition) is 0. The number of aromatic nitrogens is 1. The van der Waals surface area contributed by atoms with E-state index in [9.17, 15) is 0 Å². The maximum Gasteiger partial charge on any atom is 0.0637 e. The van der Waals surface area contributed by atoms with E-state index >= 15 is 0 Å². The van der Waals surface area contributed by atoms with E-state index in [1.54, 1.807) is 0 Å². The molecule has 0 saturated carbocycles. The molecule has 0 aliphatic heterocycles. The van der Waals surface area contributed by atoms with Crippen molar-refractivity contribution in [3.63, 3.8) is 0 Å². The Balaban J connectivity index is 1.47. The van der Waals surface area contributed by atoms with Crippen molar-refractivity contribution >= 4 is 33.7 Å². The van der Waals surface area contributed by atoms with Gasteiger partial charge < -0.3 is 4.57 Å². The first-order valence-electron chi connectivity index (χ1n) is 10.0. The first-order chi connectivity index (χ1) is 14.3. The summed E-state index contributed by atoms with van der Waals surface area (Å²) in [6.45, 7) is 3.15. The van der Waals surface area contributed by atoms with Crippen LogP contribution in [0.3, 0.4) is 0 Å². The quantitative estimate of drug-likeness (QED) is 0.295. The lowest BCUT2D eigenvalue weighted by Gasteiger charge is -2.03. The van der Waals surface area contributed by atoms with Crippen molar-refractivity contribution < 1.29 is 0 Å². The number of aryl methyl sites for hydroxylation is 1.